The van der Waals surface area contributed by atoms with Gasteiger partial charge in [0.1, 0.15) is 0 Å². The summed E-state index contributed by atoms with van der Waals surface area (Å²) in [6, 6.07) is 1.28. The lowest BCUT2D eigenvalue weighted by atomic mass is 9.99. The normalized spacial score (nSPS) is 26.6. The number of hydrogen-bond acceptors (Lipinski definition) is 3. The predicted octanol–water partition coefficient (Wildman–Crippen LogP) is 2.12. The lowest BCUT2D eigenvalue weighted by Gasteiger charge is -2.41. The molecule has 1 aliphatic rings. The molecule has 1 heterocycles. The minimum Gasteiger partial charge on any atom is -0.380 e. The standard InChI is InChI=1S/C14H30N2O/c1-5-6-8-17-9-7-16-11-13(4)15-10-14(16)12(2)3/h12-15H,5-11H2,1-4H3. The molecule has 2 atom stereocenters. The number of rotatable bonds is 7. The molecule has 0 radical (unpaired) electrons. The Morgan fingerprint density at radius 1 is 1.35 bits per heavy atom. The maximum Gasteiger partial charge on any atom is 0.0593 e. The average Bonchev–Trinajstić information content (AvgIpc) is 2.28. The summed E-state index contributed by atoms with van der Waals surface area (Å²) < 4.78 is 5.68. The van der Waals surface area contributed by atoms with Crippen molar-refractivity contribution in [2.24, 2.45) is 5.92 Å². The van der Waals surface area contributed by atoms with E-state index in [1.54, 1.807) is 0 Å². The first-order valence-corrected chi connectivity index (χ1v) is 7.20. The third-order valence-corrected chi connectivity index (χ3v) is 3.59. The van der Waals surface area contributed by atoms with Crippen LogP contribution in [0, 0.1) is 5.92 Å². The van der Waals surface area contributed by atoms with Gasteiger partial charge in [-0.3, -0.25) is 4.90 Å². The van der Waals surface area contributed by atoms with E-state index in [-0.39, 0.29) is 0 Å². The van der Waals surface area contributed by atoms with Crippen LogP contribution in [0.25, 0.3) is 0 Å². The monoisotopic (exact) mass is 242 g/mol. The lowest BCUT2D eigenvalue weighted by molar-refractivity contribution is 0.0518. The first-order valence-electron chi connectivity index (χ1n) is 7.20. The molecule has 0 aromatic carbocycles. The Balaban J connectivity index is 2.26. The Morgan fingerprint density at radius 2 is 2.12 bits per heavy atom. The summed E-state index contributed by atoms with van der Waals surface area (Å²) >= 11 is 0. The molecule has 0 aromatic heterocycles. The Labute approximate surface area is 107 Å². The lowest BCUT2D eigenvalue weighted by Crippen LogP contribution is -2.57. The maximum atomic E-state index is 5.68. The smallest absolute Gasteiger partial charge is 0.0593 e. The van der Waals surface area contributed by atoms with Crippen molar-refractivity contribution in [2.45, 2.75) is 52.6 Å². The first kappa shape index (κ1) is 14.9. The Hall–Kier alpha value is -0.120. The number of nitrogens with zero attached hydrogens (tertiary/aromatic N) is 1. The fourth-order valence-electron chi connectivity index (χ4n) is 2.45. The summed E-state index contributed by atoms with van der Waals surface area (Å²) in [6.45, 7) is 14.3. The van der Waals surface area contributed by atoms with Gasteiger partial charge < -0.3 is 10.1 Å². The van der Waals surface area contributed by atoms with Crippen molar-refractivity contribution in [3.63, 3.8) is 0 Å². The van der Waals surface area contributed by atoms with Crippen LogP contribution in [0.3, 0.4) is 0 Å². The highest BCUT2D eigenvalue weighted by atomic mass is 16.5. The second-order valence-corrected chi connectivity index (χ2v) is 5.58. The molecule has 1 N–H and O–H groups in total. The molecule has 2 unspecified atom stereocenters. The molecular formula is C14H30N2O. The summed E-state index contributed by atoms with van der Waals surface area (Å²) in [7, 11) is 0. The van der Waals surface area contributed by atoms with Gasteiger partial charge >= 0.3 is 0 Å². The molecule has 3 heteroatoms. The summed E-state index contributed by atoms with van der Waals surface area (Å²) in [5, 5.41) is 3.57. The minimum atomic E-state index is 0.612. The van der Waals surface area contributed by atoms with Crippen LogP contribution in [0.1, 0.15) is 40.5 Å². The minimum absolute atomic E-state index is 0.612. The van der Waals surface area contributed by atoms with Crippen molar-refractivity contribution in [1.29, 1.82) is 0 Å². The molecule has 1 fully saturated rings. The molecule has 3 nitrogen and oxygen atoms in total. The van der Waals surface area contributed by atoms with Crippen LogP contribution in [0.5, 0.6) is 0 Å². The van der Waals surface area contributed by atoms with Gasteiger partial charge in [-0.2, -0.15) is 0 Å². The highest BCUT2D eigenvalue weighted by molar-refractivity contribution is 4.85. The van der Waals surface area contributed by atoms with Gasteiger partial charge in [-0.15, -0.1) is 0 Å². The van der Waals surface area contributed by atoms with Crippen LogP contribution >= 0.6 is 0 Å². The van der Waals surface area contributed by atoms with Gasteiger partial charge in [0.2, 0.25) is 0 Å². The van der Waals surface area contributed by atoms with Crippen LogP contribution in [-0.2, 0) is 4.74 Å². The Morgan fingerprint density at radius 3 is 2.76 bits per heavy atom. The van der Waals surface area contributed by atoms with Gasteiger partial charge in [0.15, 0.2) is 0 Å². The number of unbranched alkanes of at least 4 members (excludes halogenated alkanes) is 1. The van der Waals surface area contributed by atoms with Gasteiger partial charge in [0.25, 0.3) is 0 Å². The average molecular weight is 242 g/mol. The van der Waals surface area contributed by atoms with E-state index in [1.165, 1.54) is 12.8 Å². The summed E-state index contributed by atoms with van der Waals surface area (Å²) in [5.74, 6) is 0.714. The molecule has 0 spiro atoms. The first-order chi connectivity index (χ1) is 8.15. The van der Waals surface area contributed by atoms with E-state index in [9.17, 15) is 0 Å². The molecule has 0 aromatic rings. The zero-order valence-electron chi connectivity index (χ0n) is 12.0. The van der Waals surface area contributed by atoms with E-state index in [4.69, 9.17) is 4.74 Å². The van der Waals surface area contributed by atoms with Crippen molar-refractivity contribution < 1.29 is 4.74 Å². The maximum absolute atomic E-state index is 5.68. The number of nitrogens with one attached hydrogen (secondary N) is 1. The molecule has 1 saturated heterocycles. The largest absolute Gasteiger partial charge is 0.380 e. The van der Waals surface area contributed by atoms with Gasteiger partial charge in [-0.25, -0.2) is 0 Å². The summed E-state index contributed by atoms with van der Waals surface area (Å²) in [6.07, 6.45) is 2.41. The zero-order chi connectivity index (χ0) is 12.7. The van der Waals surface area contributed by atoms with Crippen LogP contribution in [0.2, 0.25) is 0 Å². The number of piperazine rings is 1. The van der Waals surface area contributed by atoms with E-state index in [0.29, 0.717) is 18.0 Å². The van der Waals surface area contributed by atoms with Crippen LogP contribution in [-0.4, -0.2) is 49.8 Å². The van der Waals surface area contributed by atoms with Crippen LogP contribution in [0.15, 0.2) is 0 Å². The SMILES string of the molecule is CCCCOCCN1CC(C)NCC1C(C)C. The Kier molecular flexibility index (Phi) is 7.09. The molecular weight excluding hydrogens is 212 g/mol. The van der Waals surface area contributed by atoms with Crippen LogP contribution < -0.4 is 5.32 Å². The third-order valence-electron chi connectivity index (χ3n) is 3.59. The highest BCUT2D eigenvalue weighted by Crippen LogP contribution is 2.14. The van der Waals surface area contributed by atoms with Gasteiger partial charge in [0.05, 0.1) is 6.61 Å². The van der Waals surface area contributed by atoms with Crippen molar-refractivity contribution in [3.05, 3.63) is 0 Å². The molecule has 0 aliphatic carbocycles. The molecule has 102 valence electrons. The number of hydrogen-bond donors (Lipinski definition) is 1. The summed E-state index contributed by atoms with van der Waals surface area (Å²) in [5.41, 5.74) is 0. The van der Waals surface area contributed by atoms with Gasteiger partial charge in [0, 0.05) is 38.3 Å². The molecule has 17 heavy (non-hydrogen) atoms. The number of ether oxygens (including phenoxy) is 1. The van der Waals surface area contributed by atoms with Crippen molar-refractivity contribution in [3.8, 4) is 0 Å². The third kappa shape index (κ3) is 5.36. The fourth-order valence-corrected chi connectivity index (χ4v) is 2.45. The second-order valence-electron chi connectivity index (χ2n) is 5.58. The molecule has 1 rings (SSSR count). The van der Waals surface area contributed by atoms with E-state index in [0.717, 1.165) is 32.8 Å². The van der Waals surface area contributed by atoms with E-state index >= 15 is 0 Å². The van der Waals surface area contributed by atoms with Crippen molar-refractivity contribution in [1.82, 2.24) is 10.2 Å². The van der Waals surface area contributed by atoms with Crippen molar-refractivity contribution in [2.75, 3.05) is 32.8 Å². The molecule has 0 saturated carbocycles. The second kappa shape index (κ2) is 8.06. The zero-order valence-corrected chi connectivity index (χ0v) is 12.0. The Bertz CT molecular complexity index is 197. The van der Waals surface area contributed by atoms with E-state index < -0.39 is 0 Å². The molecule has 0 amide bonds. The fraction of sp³-hybridized carbons (Fsp3) is 1.00. The highest BCUT2D eigenvalue weighted by Gasteiger charge is 2.27. The topological polar surface area (TPSA) is 24.5 Å². The van der Waals surface area contributed by atoms with Crippen LogP contribution in [0.4, 0.5) is 0 Å². The van der Waals surface area contributed by atoms with E-state index in [1.807, 2.05) is 0 Å². The van der Waals surface area contributed by atoms with E-state index in [2.05, 4.69) is 37.9 Å². The molecule has 0 bridgehead atoms. The van der Waals surface area contributed by atoms with Gasteiger partial charge in [-0.1, -0.05) is 27.2 Å². The molecule has 1 aliphatic heterocycles. The van der Waals surface area contributed by atoms with Gasteiger partial charge in [-0.05, 0) is 19.3 Å². The van der Waals surface area contributed by atoms with Crippen molar-refractivity contribution >= 4 is 0 Å². The summed E-state index contributed by atoms with van der Waals surface area (Å²) in [4.78, 5) is 2.60. The predicted molar refractivity (Wildman–Crippen MR) is 73.4 cm³/mol. The quantitative estimate of drug-likeness (QED) is 0.692.